The Kier molecular flexibility index (Phi) is 6.46. The maximum atomic E-state index is 12.8. The zero-order valence-corrected chi connectivity index (χ0v) is 19.4. The van der Waals surface area contributed by atoms with Gasteiger partial charge in [-0.3, -0.25) is 9.59 Å². The van der Waals surface area contributed by atoms with E-state index in [0.29, 0.717) is 35.8 Å². The highest BCUT2D eigenvalue weighted by Gasteiger charge is 2.31. The molecule has 164 valence electrons. The lowest BCUT2D eigenvalue weighted by Gasteiger charge is -2.33. The van der Waals surface area contributed by atoms with Gasteiger partial charge >= 0.3 is 0 Å². The van der Waals surface area contributed by atoms with Gasteiger partial charge < -0.3 is 19.7 Å². The Labute approximate surface area is 195 Å². The van der Waals surface area contributed by atoms with E-state index in [2.05, 4.69) is 21.2 Å². The van der Waals surface area contributed by atoms with Crippen molar-refractivity contribution < 1.29 is 19.1 Å². The Hall–Kier alpha value is -3.32. The molecule has 0 saturated heterocycles. The standard InChI is InChI=1S/C25H23BrN2O4/c1-16-5-3-8-21(13-16)31-12-11-28-22-15-20(9-10-23(22)32-17(2)25(28)30)27-24(29)18-6-4-7-19(26)14-18/h3-10,13-15,17H,11-12H2,1-2H3,(H,27,29). The number of carbonyl (C=O) groups is 2. The second-order valence-electron chi connectivity index (χ2n) is 7.56. The van der Waals surface area contributed by atoms with Crippen molar-refractivity contribution >= 4 is 39.1 Å². The Morgan fingerprint density at radius 2 is 1.94 bits per heavy atom. The van der Waals surface area contributed by atoms with E-state index in [9.17, 15) is 9.59 Å². The first-order valence-corrected chi connectivity index (χ1v) is 11.1. The van der Waals surface area contributed by atoms with E-state index >= 15 is 0 Å². The maximum absolute atomic E-state index is 12.8. The minimum atomic E-state index is -0.594. The zero-order valence-electron chi connectivity index (χ0n) is 17.8. The van der Waals surface area contributed by atoms with Gasteiger partial charge in [0.2, 0.25) is 0 Å². The summed E-state index contributed by atoms with van der Waals surface area (Å²) in [6.45, 7) is 4.41. The Bertz CT molecular complexity index is 1160. The SMILES string of the molecule is Cc1cccc(OCCN2C(=O)C(C)Oc3ccc(NC(=O)c4cccc(Br)c4)cc32)c1. The predicted molar refractivity (Wildman–Crippen MR) is 128 cm³/mol. The van der Waals surface area contributed by atoms with Crippen LogP contribution in [0.3, 0.4) is 0 Å². The lowest BCUT2D eigenvalue weighted by atomic mass is 10.1. The number of carbonyl (C=O) groups excluding carboxylic acids is 2. The average Bonchev–Trinajstić information content (AvgIpc) is 2.77. The van der Waals surface area contributed by atoms with E-state index in [-0.39, 0.29) is 11.8 Å². The summed E-state index contributed by atoms with van der Waals surface area (Å²) in [4.78, 5) is 27.1. The van der Waals surface area contributed by atoms with Crippen molar-refractivity contribution in [3.8, 4) is 11.5 Å². The number of amides is 2. The van der Waals surface area contributed by atoms with Crippen molar-refractivity contribution in [2.75, 3.05) is 23.4 Å². The molecule has 1 heterocycles. The zero-order chi connectivity index (χ0) is 22.7. The van der Waals surface area contributed by atoms with Crippen molar-refractivity contribution in [3.05, 3.63) is 82.3 Å². The fraction of sp³-hybridized carbons (Fsp3) is 0.200. The molecule has 3 aromatic rings. The summed E-state index contributed by atoms with van der Waals surface area (Å²) >= 11 is 3.38. The molecule has 1 unspecified atom stereocenters. The third-order valence-electron chi connectivity index (χ3n) is 5.09. The molecule has 32 heavy (non-hydrogen) atoms. The lowest BCUT2D eigenvalue weighted by molar-refractivity contribution is -0.125. The van der Waals surface area contributed by atoms with Gasteiger partial charge in [-0.05, 0) is 67.9 Å². The monoisotopic (exact) mass is 494 g/mol. The van der Waals surface area contributed by atoms with Crippen molar-refractivity contribution in [2.24, 2.45) is 0 Å². The second kappa shape index (κ2) is 9.44. The van der Waals surface area contributed by atoms with Gasteiger partial charge in [0.1, 0.15) is 18.1 Å². The Morgan fingerprint density at radius 1 is 1.12 bits per heavy atom. The quantitative estimate of drug-likeness (QED) is 0.511. The number of aryl methyl sites for hydroxylation is 1. The van der Waals surface area contributed by atoms with Gasteiger partial charge in [0.05, 0.1) is 12.2 Å². The largest absolute Gasteiger partial charge is 0.492 e. The van der Waals surface area contributed by atoms with Gasteiger partial charge in [0.25, 0.3) is 11.8 Å². The van der Waals surface area contributed by atoms with Gasteiger partial charge in [0, 0.05) is 15.7 Å². The molecule has 0 bridgehead atoms. The fourth-order valence-corrected chi connectivity index (χ4v) is 3.91. The molecule has 7 heteroatoms. The fourth-order valence-electron chi connectivity index (χ4n) is 3.51. The molecule has 1 aliphatic heterocycles. The first-order valence-electron chi connectivity index (χ1n) is 10.3. The minimum absolute atomic E-state index is 0.152. The van der Waals surface area contributed by atoms with Crippen LogP contribution in [0, 0.1) is 6.92 Å². The highest BCUT2D eigenvalue weighted by atomic mass is 79.9. The Balaban J connectivity index is 1.51. The first kappa shape index (κ1) is 21.9. The van der Waals surface area contributed by atoms with Crippen molar-refractivity contribution in [1.29, 1.82) is 0 Å². The van der Waals surface area contributed by atoms with E-state index in [0.717, 1.165) is 15.8 Å². The Morgan fingerprint density at radius 3 is 2.72 bits per heavy atom. The highest BCUT2D eigenvalue weighted by molar-refractivity contribution is 9.10. The van der Waals surface area contributed by atoms with Crippen molar-refractivity contribution in [2.45, 2.75) is 20.0 Å². The summed E-state index contributed by atoms with van der Waals surface area (Å²) in [7, 11) is 0. The molecule has 0 aliphatic carbocycles. The molecule has 1 aliphatic rings. The summed E-state index contributed by atoms with van der Waals surface area (Å²) in [5.41, 5.74) is 2.81. The van der Waals surface area contributed by atoms with Gasteiger partial charge in [-0.2, -0.15) is 0 Å². The van der Waals surface area contributed by atoms with E-state index < -0.39 is 6.10 Å². The highest BCUT2D eigenvalue weighted by Crippen LogP contribution is 2.36. The van der Waals surface area contributed by atoms with Crippen LogP contribution in [0.15, 0.2) is 71.2 Å². The number of nitrogens with zero attached hydrogens (tertiary/aromatic N) is 1. The third-order valence-corrected chi connectivity index (χ3v) is 5.58. The average molecular weight is 495 g/mol. The molecule has 6 nitrogen and oxygen atoms in total. The molecular weight excluding hydrogens is 472 g/mol. The summed E-state index contributed by atoms with van der Waals surface area (Å²) < 4.78 is 12.4. The third kappa shape index (κ3) is 4.94. The van der Waals surface area contributed by atoms with Crippen LogP contribution in [0.5, 0.6) is 11.5 Å². The lowest BCUT2D eigenvalue weighted by Crippen LogP contribution is -2.46. The molecule has 3 aromatic carbocycles. The molecule has 0 saturated carbocycles. The molecule has 1 atom stereocenters. The molecule has 0 radical (unpaired) electrons. The van der Waals surface area contributed by atoms with Crippen LogP contribution in [-0.4, -0.2) is 31.1 Å². The van der Waals surface area contributed by atoms with Crippen LogP contribution in [-0.2, 0) is 4.79 Å². The first-order chi connectivity index (χ1) is 15.4. The van der Waals surface area contributed by atoms with Crippen LogP contribution in [0.25, 0.3) is 0 Å². The molecule has 1 N–H and O–H groups in total. The van der Waals surface area contributed by atoms with E-state index in [1.54, 1.807) is 48.2 Å². The number of nitrogens with one attached hydrogen (secondary N) is 1. The number of anilines is 2. The van der Waals surface area contributed by atoms with Crippen molar-refractivity contribution in [3.63, 3.8) is 0 Å². The molecule has 2 amide bonds. The second-order valence-corrected chi connectivity index (χ2v) is 8.48. The summed E-state index contributed by atoms with van der Waals surface area (Å²) in [5, 5.41) is 2.89. The van der Waals surface area contributed by atoms with E-state index in [1.165, 1.54) is 0 Å². The minimum Gasteiger partial charge on any atom is -0.492 e. The number of hydrogen-bond donors (Lipinski definition) is 1. The number of benzene rings is 3. The molecule has 0 aromatic heterocycles. The summed E-state index contributed by atoms with van der Waals surface area (Å²) in [6, 6.07) is 20.2. The predicted octanol–water partition coefficient (Wildman–Crippen LogP) is 5.20. The molecule has 0 spiro atoms. The number of hydrogen-bond acceptors (Lipinski definition) is 4. The number of ether oxygens (including phenoxy) is 2. The summed E-state index contributed by atoms with van der Waals surface area (Å²) in [5.74, 6) is 0.958. The summed E-state index contributed by atoms with van der Waals surface area (Å²) in [6.07, 6.45) is -0.594. The number of fused-ring (bicyclic) bond motifs is 1. The van der Waals surface area contributed by atoms with Crippen LogP contribution in [0.2, 0.25) is 0 Å². The van der Waals surface area contributed by atoms with Crippen LogP contribution >= 0.6 is 15.9 Å². The van der Waals surface area contributed by atoms with Crippen LogP contribution < -0.4 is 19.7 Å². The molecule has 4 rings (SSSR count). The normalized spacial score (nSPS) is 15.0. The van der Waals surface area contributed by atoms with Gasteiger partial charge in [-0.25, -0.2) is 0 Å². The van der Waals surface area contributed by atoms with E-state index in [4.69, 9.17) is 9.47 Å². The number of rotatable bonds is 6. The molecule has 0 fully saturated rings. The van der Waals surface area contributed by atoms with Gasteiger partial charge in [-0.1, -0.05) is 34.1 Å². The van der Waals surface area contributed by atoms with Gasteiger partial charge in [-0.15, -0.1) is 0 Å². The van der Waals surface area contributed by atoms with Crippen molar-refractivity contribution in [1.82, 2.24) is 0 Å². The maximum Gasteiger partial charge on any atom is 0.267 e. The topological polar surface area (TPSA) is 67.9 Å². The van der Waals surface area contributed by atoms with E-state index in [1.807, 2.05) is 37.3 Å². The number of halogens is 1. The smallest absolute Gasteiger partial charge is 0.267 e. The van der Waals surface area contributed by atoms with Gasteiger partial charge in [0.15, 0.2) is 6.10 Å². The van der Waals surface area contributed by atoms with Crippen LogP contribution in [0.1, 0.15) is 22.8 Å². The van der Waals surface area contributed by atoms with Crippen LogP contribution in [0.4, 0.5) is 11.4 Å². The molecular formula is C25H23BrN2O4.